The molecule has 5 heteroatoms. The molecule has 0 saturated carbocycles. The summed E-state index contributed by atoms with van der Waals surface area (Å²) in [5.74, 6) is 0.804. The molecule has 1 atom stereocenters. The molecule has 5 rings (SSSR count). The second kappa shape index (κ2) is 7.41. The molecule has 1 amide bonds. The number of aromatic nitrogens is 3. The van der Waals surface area contributed by atoms with Gasteiger partial charge in [-0.3, -0.25) is 9.36 Å². The molecule has 0 saturated heterocycles. The van der Waals surface area contributed by atoms with E-state index in [-0.39, 0.29) is 11.9 Å². The molecule has 0 bridgehead atoms. The number of fused-ring (bicyclic) bond motifs is 2. The predicted octanol–water partition coefficient (Wildman–Crippen LogP) is 4.84. The highest BCUT2D eigenvalue weighted by molar-refractivity contribution is 5.95. The largest absolute Gasteiger partial charge is 0.345 e. The first-order valence-corrected chi connectivity index (χ1v) is 10.4. The molecule has 150 valence electrons. The van der Waals surface area contributed by atoms with Crippen LogP contribution in [0.3, 0.4) is 0 Å². The lowest BCUT2D eigenvalue weighted by molar-refractivity contribution is 0.0932. The maximum Gasteiger partial charge on any atom is 0.251 e. The summed E-state index contributed by atoms with van der Waals surface area (Å²) in [7, 11) is 0. The molecule has 2 heterocycles. The van der Waals surface area contributed by atoms with Gasteiger partial charge in [0.2, 0.25) is 0 Å². The third-order valence-electron chi connectivity index (χ3n) is 5.97. The monoisotopic (exact) mass is 396 g/mol. The molecule has 0 fully saturated rings. The van der Waals surface area contributed by atoms with Crippen LogP contribution in [0, 0.1) is 13.8 Å². The van der Waals surface area contributed by atoms with Gasteiger partial charge < -0.3 is 5.32 Å². The van der Waals surface area contributed by atoms with Crippen LogP contribution in [0.2, 0.25) is 0 Å². The zero-order valence-electron chi connectivity index (χ0n) is 17.2. The van der Waals surface area contributed by atoms with Gasteiger partial charge in [0.1, 0.15) is 11.3 Å². The van der Waals surface area contributed by atoms with Gasteiger partial charge in [-0.1, -0.05) is 30.3 Å². The van der Waals surface area contributed by atoms with E-state index in [4.69, 9.17) is 0 Å². The Kier molecular flexibility index (Phi) is 4.58. The Labute approximate surface area is 175 Å². The number of carbonyl (C=O) groups excluding carboxylic acids is 1. The zero-order valence-corrected chi connectivity index (χ0v) is 17.2. The molecular formula is C25H24N4O. The predicted molar refractivity (Wildman–Crippen MR) is 118 cm³/mol. The number of carbonyl (C=O) groups is 1. The number of benzene rings is 2. The van der Waals surface area contributed by atoms with Crippen LogP contribution in [-0.2, 0) is 6.42 Å². The van der Waals surface area contributed by atoms with Crippen LogP contribution in [0.25, 0.3) is 16.9 Å². The highest BCUT2D eigenvalue weighted by Crippen LogP contribution is 2.30. The summed E-state index contributed by atoms with van der Waals surface area (Å²) in [5, 5.41) is 3.26. The number of hydrogen-bond donors (Lipinski definition) is 1. The number of amides is 1. The van der Waals surface area contributed by atoms with E-state index in [0.717, 1.165) is 47.5 Å². The maximum absolute atomic E-state index is 13.2. The minimum absolute atomic E-state index is 0.0482. The summed E-state index contributed by atoms with van der Waals surface area (Å²) < 4.78 is 2.03. The van der Waals surface area contributed by atoms with Crippen LogP contribution in [0.5, 0.6) is 0 Å². The number of aryl methyl sites for hydroxylation is 3. The average molecular weight is 396 g/mol. The van der Waals surface area contributed by atoms with Crippen molar-refractivity contribution in [2.45, 2.75) is 39.2 Å². The van der Waals surface area contributed by atoms with E-state index in [1.165, 1.54) is 11.1 Å². The number of hydrogen-bond acceptors (Lipinski definition) is 3. The number of imidazole rings is 1. The highest BCUT2D eigenvalue weighted by atomic mass is 16.1. The fraction of sp³-hybridized carbons (Fsp3) is 0.240. The fourth-order valence-electron chi connectivity index (χ4n) is 4.45. The Bertz CT molecular complexity index is 1260. The molecule has 1 N–H and O–H groups in total. The number of nitrogens with one attached hydrogen (secondary N) is 1. The zero-order chi connectivity index (χ0) is 20.7. The van der Waals surface area contributed by atoms with Gasteiger partial charge in [0.15, 0.2) is 5.65 Å². The second-order valence-electron chi connectivity index (χ2n) is 7.96. The van der Waals surface area contributed by atoms with Gasteiger partial charge in [0.25, 0.3) is 5.91 Å². The quantitative estimate of drug-likeness (QED) is 0.539. The van der Waals surface area contributed by atoms with Gasteiger partial charge in [-0.2, -0.15) is 0 Å². The van der Waals surface area contributed by atoms with Gasteiger partial charge in [-0.15, -0.1) is 0 Å². The summed E-state index contributed by atoms with van der Waals surface area (Å²) in [5.41, 5.74) is 6.89. The Hall–Kier alpha value is -3.47. The first-order chi connectivity index (χ1) is 14.6. The van der Waals surface area contributed by atoms with Gasteiger partial charge in [0, 0.05) is 11.8 Å². The Balaban J connectivity index is 1.50. The summed E-state index contributed by atoms with van der Waals surface area (Å²) >= 11 is 0. The van der Waals surface area contributed by atoms with E-state index < -0.39 is 0 Å². The van der Waals surface area contributed by atoms with Crippen LogP contribution in [0.4, 0.5) is 0 Å². The van der Waals surface area contributed by atoms with Crippen LogP contribution < -0.4 is 5.32 Å². The molecule has 0 radical (unpaired) electrons. The fourth-order valence-corrected chi connectivity index (χ4v) is 4.45. The number of nitrogens with zero attached hydrogens (tertiary/aromatic N) is 3. The lowest BCUT2D eigenvalue weighted by Gasteiger charge is -2.26. The number of pyridine rings is 1. The molecule has 30 heavy (non-hydrogen) atoms. The third-order valence-corrected chi connectivity index (χ3v) is 5.97. The van der Waals surface area contributed by atoms with E-state index in [1.807, 2.05) is 54.8 Å². The van der Waals surface area contributed by atoms with Gasteiger partial charge >= 0.3 is 0 Å². The van der Waals surface area contributed by atoms with Crippen molar-refractivity contribution in [2.75, 3.05) is 0 Å². The van der Waals surface area contributed by atoms with E-state index in [0.29, 0.717) is 5.56 Å². The third kappa shape index (κ3) is 3.16. The molecule has 1 aliphatic rings. The van der Waals surface area contributed by atoms with Crippen molar-refractivity contribution in [3.63, 3.8) is 0 Å². The van der Waals surface area contributed by atoms with Crippen LogP contribution in [-0.4, -0.2) is 20.4 Å². The van der Waals surface area contributed by atoms with Crippen molar-refractivity contribution in [2.24, 2.45) is 0 Å². The molecular weight excluding hydrogens is 372 g/mol. The average Bonchev–Trinajstić information content (AvgIpc) is 3.10. The second-order valence-corrected chi connectivity index (χ2v) is 7.96. The Morgan fingerprint density at radius 2 is 1.97 bits per heavy atom. The number of rotatable bonds is 3. The Morgan fingerprint density at radius 3 is 2.87 bits per heavy atom. The van der Waals surface area contributed by atoms with Crippen molar-refractivity contribution >= 4 is 17.1 Å². The summed E-state index contributed by atoms with van der Waals surface area (Å²) in [6.07, 6.45) is 4.91. The van der Waals surface area contributed by atoms with Crippen molar-refractivity contribution < 1.29 is 4.79 Å². The summed E-state index contributed by atoms with van der Waals surface area (Å²) in [6, 6.07) is 18.2. The van der Waals surface area contributed by atoms with Crippen LogP contribution >= 0.6 is 0 Å². The van der Waals surface area contributed by atoms with Crippen LogP contribution in [0.15, 0.2) is 60.8 Å². The summed E-state index contributed by atoms with van der Waals surface area (Å²) in [4.78, 5) is 22.3. The van der Waals surface area contributed by atoms with Gasteiger partial charge in [0.05, 0.1) is 11.7 Å². The topological polar surface area (TPSA) is 59.8 Å². The van der Waals surface area contributed by atoms with E-state index in [2.05, 4.69) is 33.5 Å². The first-order valence-electron chi connectivity index (χ1n) is 10.4. The smallest absolute Gasteiger partial charge is 0.251 e. The van der Waals surface area contributed by atoms with Gasteiger partial charge in [-0.05, 0) is 74.1 Å². The molecule has 0 spiro atoms. The molecule has 4 aromatic rings. The SMILES string of the molecule is Cc1ccc(C(=O)N[C@H]2CCCc3ccccc32)cc1-n1c(C)nc2cccnc21. The standard InChI is InChI=1S/C25H24N4O/c1-16-12-13-19(15-23(16)29-17(2)27-22-11-6-14-26-24(22)29)25(30)28-21-10-5-8-18-7-3-4-9-20(18)21/h3-4,6-7,9,11-15,21H,5,8,10H2,1-2H3,(H,28,30)/t21-/m0/s1. The maximum atomic E-state index is 13.2. The molecule has 0 aliphatic heterocycles. The highest BCUT2D eigenvalue weighted by Gasteiger charge is 2.22. The van der Waals surface area contributed by atoms with Crippen molar-refractivity contribution in [1.82, 2.24) is 19.9 Å². The molecule has 2 aromatic heterocycles. The lowest BCUT2D eigenvalue weighted by atomic mass is 9.87. The lowest BCUT2D eigenvalue weighted by Crippen LogP contribution is -2.31. The normalized spacial score (nSPS) is 15.7. The summed E-state index contributed by atoms with van der Waals surface area (Å²) in [6.45, 7) is 4.01. The van der Waals surface area contributed by atoms with E-state index >= 15 is 0 Å². The minimum atomic E-state index is -0.0482. The van der Waals surface area contributed by atoms with Gasteiger partial charge in [-0.25, -0.2) is 9.97 Å². The molecule has 1 aliphatic carbocycles. The van der Waals surface area contributed by atoms with Crippen molar-refractivity contribution in [1.29, 1.82) is 0 Å². The molecule has 5 nitrogen and oxygen atoms in total. The van der Waals surface area contributed by atoms with Crippen molar-refractivity contribution in [3.8, 4) is 5.69 Å². The molecule has 0 unspecified atom stereocenters. The Morgan fingerprint density at radius 1 is 1.10 bits per heavy atom. The first kappa shape index (κ1) is 18.6. The van der Waals surface area contributed by atoms with E-state index in [9.17, 15) is 4.79 Å². The minimum Gasteiger partial charge on any atom is -0.345 e. The van der Waals surface area contributed by atoms with Crippen LogP contribution in [0.1, 0.15) is 51.8 Å². The molecule has 2 aromatic carbocycles. The van der Waals surface area contributed by atoms with E-state index in [1.54, 1.807) is 6.20 Å². The van der Waals surface area contributed by atoms with Crippen molar-refractivity contribution in [3.05, 3.63) is 88.9 Å².